The van der Waals surface area contributed by atoms with E-state index in [9.17, 15) is 9.90 Å². The molecule has 7 nitrogen and oxygen atoms in total. The quantitative estimate of drug-likeness (QED) is 0.668. The summed E-state index contributed by atoms with van der Waals surface area (Å²) in [5.41, 5.74) is 3.27. The van der Waals surface area contributed by atoms with Crippen LogP contribution in [0.2, 0.25) is 0 Å². The van der Waals surface area contributed by atoms with Gasteiger partial charge >= 0.3 is 0 Å². The molecule has 0 amide bonds. The molecule has 0 saturated heterocycles. The number of rotatable bonds is 4. The Hall–Kier alpha value is -2.48. The molecule has 0 atom stereocenters. The molecule has 1 aromatic carbocycles. The molecule has 124 valence electrons. The highest BCUT2D eigenvalue weighted by atomic mass is 79.9. The number of H-pyrrole nitrogens is 1. The van der Waals surface area contributed by atoms with Crippen LogP contribution in [0.3, 0.4) is 0 Å². The standard InChI is InChI=1S/C16H16BrN5O2/c1-4-22-20-16(19-21-22)14-8(2)13(9(3)18-14)15(24)10-5-6-12(23)11(17)7-10/h5-7,18,23H,4H2,1-3H3. The molecule has 0 aliphatic rings. The molecule has 2 N–H and O–H groups in total. The number of carbonyl (C=O) groups excluding carboxylic acids is 1. The Morgan fingerprint density at radius 3 is 2.75 bits per heavy atom. The van der Waals surface area contributed by atoms with Gasteiger partial charge in [0, 0.05) is 16.8 Å². The van der Waals surface area contributed by atoms with Gasteiger partial charge in [-0.3, -0.25) is 4.79 Å². The first-order valence-corrected chi connectivity index (χ1v) is 8.22. The zero-order chi connectivity index (χ0) is 17.4. The van der Waals surface area contributed by atoms with Gasteiger partial charge in [-0.05, 0) is 65.7 Å². The number of hydrogen-bond donors (Lipinski definition) is 2. The first kappa shape index (κ1) is 16.4. The fraction of sp³-hybridized carbons (Fsp3) is 0.250. The van der Waals surface area contributed by atoms with Crippen LogP contribution in [0.4, 0.5) is 0 Å². The second kappa shape index (κ2) is 6.20. The second-order valence-corrected chi connectivity index (χ2v) is 6.28. The highest BCUT2D eigenvalue weighted by molar-refractivity contribution is 9.10. The van der Waals surface area contributed by atoms with Crippen molar-refractivity contribution in [3.8, 4) is 17.3 Å². The Labute approximate surface area is 146 Å². The first-order chi connectivity index (χ1) is 11.4. The molecule has 3 rings (SSSR count). The Morgan fingerprint density at radius 1 is 1.38 bits per heavy atom. The van der Waals surface area contributed by atoms with Gasteiger partial charge in [0.2, 0.25) is 5.82 Å². The van der Waals surface area contributed by atoms with E-state index in [1.165, 1.54) is 10.9 Å². The fourth-order valence-corrected chi connectivity index (χ4v) is 2.96. The summed E-state index contributed by atoms with van der Waals surface area (Å²) < 4.78 is 0.479. The lowest BCUT2D eigenvalue weighted by atomic mass is 9.99. The van der Waals surface area contributed by atoms with Crippen molar-refractivity contribution in [2.24, 2.45) is 0 Å². The van der Waals surface area contributed by atoms with E-state index < -0.39 is 0 Å². The molecule has 3 aromatic rings. The Morgan fingerprint density at radius 2 is 2.12 bits per heavy atom. The van der Waals surface area contributed by atoms with Gasteiger partial charge < -0.3 is 10.1 Å². The second-order valence-electron chi connectivity index (χ2n) is 5.42. The van der Waals surface area contributed by atoms with Gasteiger partial charge in [-0.1, -0.05) is 0 Å². The molecule has 0 fully saturated rings. The molecule has 2 heterocycles. The minimum Gasteiger partial charge on any atom is -0.507 e. The number of aromatic nitrogens is 5. The average molecular weight is 390 g/mol. The van der Waals surface area contributed by atoms with E-state index in [-0.39, 0.29) is 11.5 Å². The van der Waals surface area contributed by atoms with Gasteiger partial charge in [-0.25, -0.2) is 0 Å². The molecular formula is C16H16BrN5O2. The summed E-state index contributed by atoms with van der Waals surface area (Å²) in [7, 11) is 0. The monoisotopic (exact) mass is 389 g/mol. The number of phenolic OH excluding ortho intramolecular Hbond substituents is 1. The average Bonchev–Trinajstić information content (AvgIpc) is 3.14. The molecule has 0 radical (unpaired) electrons. The number of ketones is 1. The van der Waals surface area contributed by atoms with Crippen LogP contribution < -0.4 is 0 Å². The molecular weight excluding hydrogens is 374 g/mol. The van der Waals surface area contributed by atoms with Gasteiger partial charge in [-0.2, -0.15) is 4.80 Å². The van der Waals surface area contributed by atoms with Gasteiger partial charge in [0.25, 0.3) is 0 Å². The highest BCUT2D eigenvalue weighted by Crippen LogP contribution is 2.29. The van der Waals surface area contributed by atoms with Gasteiger partial charge in [0.1, 0.15) is 5.75 Å². The topological polar surface area (TPSA) is 96.7 Å². The fourth-order valence-electron chi connectivity index (χ4n) is 2.58. The molecule has 0 bridgehead atoms. The Kier molecular flexibility index (Phi) is 4.23. The molecule has 0 unspecified atom stereocenters. The largest absolute Gasteiger partial charge is 0.507 e. The van der Waals surface area contributed by atoms with Crippen molar-refractivity contribution < 1.29 is 9.90 Å². The first-order valence-electron chi connectivity index (χ1n) is 7.43. The molecule has 24 heavy (non-hydrogen) atoms. The van der Waals surface area contributed by atoms with E-state index in [0.717, 1.165) is 11.3 Å². The molecule has 0 aliphatic heterocycles. The van der Waals surface area contributed by atoms with Crippen LogP contribution in [0.5, 0.6) is 5.75 Å². The number of hydrogen-bond acceptors (Lipinski definition) is 5. The summed E-state index contributed by atoms with van der Waals surface area (Å²) in [6.07, 6.45) is 0. The predicted octanol–water partition coefficient (Wildman–Crippen LogP) is 3.00. The number of aryl methyl sites for hydroxylation is 2. The van der Waals surface area contributed by atoms with Crippen LogP contribution in [0.1, 0.15) is 34.1 Å². The van der Waals surface area contributed by atoms with E-state index in [0.29, 0.717) is 33.7 Å². The number of aromatic hydroxyl groups is 1. The van der Waals surface area contributed by atoms with Crippen LogP contribution in [-0.2, 0) is 6.54 Å². The maximum absolute atomic E-state index is 12.9. The summed E-state index contributed by atoms with van der Waals surface area (Å²) >= 11 is 3.24. The molecule has 0 saturated carbocycles. The van der Waals surface area contributed by atoms with E-state index in [2.05, 4.69) is 36.3 Å². The van der Waals surface area contributed by atoms with Crippen LogP contribution in [0.15, 0.2) is 22.7 Å². The van der Waals surface area contributed by atoms with Gasteiger partial charge in [0.15, 0.2) is 5.78 Å². The minimum absolute atomic E-state index is 0.0927. The summed E-state index contributed by atoms with van der Waals surface area (Å²) in [4.78, 5) is 17.5. The minimum atomic E-state index is -0.129. The van der Waals surface area contributed by atoms with Crippen molar-refractivity contribution in [3.05, 3.63) is 45.1 Å². The van der Waals surface area contributed by atoms with Crippen molar-refractivity contribution >= 4 is 21.7 Å². The van der Waals surface area contributed by atoms with Crippen molar-refractivity contribution in [2.75, 3.05) is 0 Å². The van der Waals surface area contributed by atoms with Crippen molar-refractivity contribution in [1.82, 2.24) is 25.2 Å². The SMILES string of the molecule is CCn1nnc(-c2[nH]c(C)c(C(=O)c3ccc(O)c(Br)c3)c2C)n1. The normalized spacial score (nSPS) is 11.0. The lowest BCUT2D eigenvalue weighted by Crippen LogP contribution is -2.04. The molecule has 0 spiro atoms. The van der Waals surface area contributed by atoms with Crippen LogP contribution >= 0.6 is 15.9 Å². The number of halogens is 1. The van der Waals surface area contributed by atoms with Crippen molar-refractivity contribution in [1.29, 1.82) is 0 Å². The summed E-state index contributed by atoms with van der Waals surface area (Å²) in [5, 5.41) is 21.9. The lowest BCUT2D eigenvalue weighted by molar-refractivity contribution is 0.103. The summed E-state index contributed by atoms with van der Waals surface area (Å²) in [5.74, 6) is 0.426. The third-order valence-corrected chi connectivity index (χ3v) is 4.47. The number of tetrazole rings is 1. The zero-order valence-corrected chi connectivity index (χ0v) is 15.0. The number of carbonyl (C=O) groups is 1. The third kappa shape index (κ3) is 2.73. The van der Waals surface area contributed by atoms with E-state index >= 15 is 0 Å². The predicted molar refractivity (Wildman–Crippen MR) is 92.0 cm³/mol. The number of benzene rings is 1. The van der Waals surface area contributed by atoms with Crippen LogP contribution in [0.25, 0.3) is 11.5 Å². The number of phenols is 1. The number of nitrogens with zero attached hydrogens (tertiary/aromatic N) is 4. The highest BCUT2D eigenvalue weighted by Gasteiger charge is 2.22. The van der Waals surface area contributed by atoms with Gasteiger partial charge in [0.05, 0.1) is 16.7 Å². The van der Waals surface area contributed by atoms with Crippen LogP contribution in [-0.4, -0.2) is 36.1 Å². The molecule has 8 heteroatoms. The van der Waals surface area contributed by atoms with Crippen molar-refractivity contribution in [2.45, 2.75) is 27.3 Å². The summed E-state index contributed by atoms with van der Waals surface area (Å²) in [6.45, 7) is 6.24. The maximum Gasteiger partial charge on any atom is 0.221 e. The molecule has 2 aromatic heterocycles. The van der Waals surface area contributed by atoms with E-state index in [4.69, 9.17) is 0 Å². The van der Waals surface area contributed by atoms with Crippen molar-refractivity contribution in [3.63, 3.8) is 0 Å². The smallest absolute Gasteiger partial charge is 0.221 e. The number of nitrogens with one attached hydrogen (secondary N) is 1. The Balaban J connectivity index is 2.05. The molecule has 0 aliphatic carbocycles. The Bertz CT molecular complexity index is 929. The van der Waals surface area contributed by atoms with E-state index in [1.54, 1.807) is 12.1 Å². The lowest BCUT2D eigenvalue weighted by Gasteiger charge is -2.04. The number of aromatic amines is 1. The van der Waals surface area contributed by atoms with Gasteiger partial charge in [-0.15, -0.1) is 10.2 Å². The maximum atomic E-state index is 12.9. The summed E-state index contributed by atoms with van der Waals surface area (Å²) in [6, 6.07) is 4.69. The third-order valence-electron chi connectivity index (χ3n) is 3.83. The van der Waals surface area contributed by atoms with Crippen LogP contribution in [0, 0.1) is 13.8 Å². The van der Waals surface area contributed by atoms with E-state index in [1.807, 2.05) is 20.8 Å². The zero-order valence-electron chi connectivity index (χ0n) is 13.5.